The van der Waals surface area contributed by atoms with E-state index in [0.717, 1.165) is 55.7 Å². The minimum atomic E-state index is -0.0947. The van der Waals surface area contributed by atoms with Crippen LogP contribution in [0.2, 0.25) is 0 Å². The van der Waals surface area contributed by atoms with E-state index in [0.29, 0.717) is 12.1 Å². The Morgan fingerprint density at radius 1 is 1.00 bits per heavy atom. The number of carbonyl (C=O) groups excluding carboxylic acids is 1. The molecule has 0 atom stereocenters. The third-order valence-electron chi connectivity index (χ3n) is 6.05. The Morgan fingerprint density at radius 3 is 2.68 bits per heavy atom. The number of hydrogen-bond acceptors (Lipinski definition) is 6. The lowest BCUT2D eigenvalue weighted by Crippen LogP contribution is -2.19. The largest absolute Gasteiger partial charge is 0.352 e. The van der Waals surface area contributed by atoms with Gasteiger partial charge in [-0.15, -0.1) is 0 Å². The minimum Gasteiger partial charge on any atom is -0.352 e. The zero-order valence-corrected chi connectivity index (χ0v) is 21.5. The van der Waals surface area contributed by atoms with Crippen LogP contribution in [-0.2, 0) is 4.79 Å². The Labute approximate surface area is 217 Å². The van der Waals surface area contributed by atoms with Crippen LogP contribution in [-0.4, -0.2) is 36.0 Å². The van der Waals surface area contributed by atoms with Gasteiger partial charge in [-0.1, -0.05) is 20.8 Å². The molecule has 0 saturated heterocycles. The predicted molar refractivity (Wildman–Crippen MR) is 148 cm³/mol. The summed E-state index contributed by atoms with van der Waals surface area (Å²) in [4.78, 5) is 29.6. The van der Waals surface area contributed by atoms with Gasteiger partial charge in [0.1, 0.15) is 11.2 Å². The summed E-state index contributed by atoms with van der Waals surface area (Å²) >= 11 is 1.66. The molecule has 9 heteroatoms. The molecule has 0 radical (unpaired) electrons. The molecule has 6 aromatic rings. The lowest BCUT2D eigenvalue weighted by Gasteiger charge is -2.17. The first-order chi connectivity index (χ1) is 17.8. The van der Waals surface area contributed by atoms with Crippen LogP contribution in [0, 0.1) is 5.41 Å². The molecule has 8 nitrogen and oxygen atoms in total. The second-order valence-corrected chi connectivity index (χ2v) is 11.0. The molecule has 37 heavy (non-hydrogen) atoms. The van der Waals surface area contributed by atoms with Gasteiger partial charge in [0.15, 0.2) is 0 Å². The third-order valence-corrected chi connectivity index (χ3v) is 6.73. The second-order valence-electron chi connectivity index (χ2n) is 10.3. The Morgan fingerprint density at radius 2 is 1.86 bits per heavy atom. The zero-order chi connectivity index (χ0) is 25.6. The van der Waals surface area contributed by atoms with E-state index in [9.17, 15) is 4.79 Å². The molecule has 0 spiro atoms. The molecule has 0 saturated carbocycles. The van der Waals surface area contributed by atoms with Crippen molar-refractivity contribution in [2.75, 3.05) is 5.32 Å². The number of aromatic amines is 2. The van der Waals surface area contributed by atoms with Crippen LogP contribution in [0.4, 0.5) is 5.69 Å². The quantitative estimate of drug-likeness (QED) is 0.241. The van der Waals surface area contributed by atoms with Gasteiger partial charge in [-0.2, -0.15) is 16.4 Å². The van der Waals surface area contributed by atoms with E-state index in [2.05, 4.69) is 53.4 Å². The number of anilines is 1. The van der Waals surface area contributed by atoms with E-state index in [1.165, 1.54) is 0 Å². The monoisotopic (exact) mass is 507 g/mol. The number of amides is 1. The molecule has 0 fully saturated rings. The van der Waals surface area contributed by atoms with E-state index in [4.69, 9.17) is 4.98 Å². The van der Waals surface area contributed by atoms with E-state index in [1.807, 2.05) is 51.4 Å². The molecule has 0 unspecified atom stereocenters. The lowest BCUT2D eigenvalue weighted by atomic mass is 9.92. The van der Waals surface area contributed by atoms with Crippen LogP contribution in [0.15, 0.2) is 65.9 Å². The summed E-state index contributed by atoms with van der Waals surface area (Å²) < 4.78 is 0. The highest BCUT2D eigenvalue weighted by Crippen LogP contribution is 2.34. The summed E-state index contributed by atoms with van der Waals surface area (Å²) in [7, 11) is 0. The number of fused-ring (bicyclic) bond motifs is 2. The molecule has 0 aliphatic heterocycles. The second kappa shape index (κ2) is 8.94. The van der Waals surface area contributed by atoms with Gasteiger partial charge in [0.2, 0.25) is 5.91 Å². The van der Waals surface area contributed by atoms with Crippen LogP contribution >= 0.6 is 11.3 Å². The zero-order valence-electron chi connectivity index (χ0n) is 20.7. The van der Waals surface area contributed by atoms with Gasteiger partial charge in [-0.3, -0.25) is 19.9 Å². The lowest BCUT2D eigenvalue weighted by molar-refractivity contribution is -0.117. The molecule has 0 aromatic carbocycles. The van der Waals surface area contributed by atoms with Crippen molar-refractivity contribution in [2.45, 2.75) is 27.2 Å². The van der Waals surface area contributed by atoms with Crippen molar-refractivity contribution in [3.8, 4) is 33.8 Å². The first kappa shape index (κ1) is 23.1. The average Bonchev–Trinajstić information content (AvgIpc) is 3.61. The summed E-state index contributed by atoms with van der Waals surface area (Å²) in [5, 5.41) is 15.9. The molecular formula is C28H25N7OS. The first-order valence-electron chi connectivity index (χ1n) is 11.9. The Kier molecular flexibility index (Phi) is 5.57. The van der Waals surface area contributed by atoms with Crippen LogP contribution in [0.3, 0.4) is 0 Å². The minimum absolute atomic E-state index is 0.0397. The number of rotatable bonds is 5. The summed E-state index contributed by atoms with van der Waals surface area (Å²) in [6.45, 7) is 6.11. The Hall–Kier alpha value is -4.37. The molecule has 0 aliphatic rings. The van der Waals surface area contributed by atoms with Gasteiger partial charge in [-0.05, 0) is 52.1 Å². The summed E-state index contributed by atoms with van der Waals surface area (Å²) in [5.41, 5.74) is 8.42. The van der Waals surface area contributed by atoms with Crippen LogP contribution in [0.5, 0.6) is 0 Å². The van der Waals surface area contributed by atoms with E-state index >= 15 is 0 Å². The molecule has 6 heterocycles. The molecule has 0 bridgehead atoms. The van der Waals surface area contributed by atoms with Crippen molar-refractivity contribution in [1.82, 2.24) is 30.1 Å². The Bertz CT molecular complexity index is 1740. The molecule has 6 rings (SSSR count). The van der Waals surface area contributed by atoms with Crippen molar-refractivity contribution in [3.05, 3.63) is 65.9 Å². The SMILES string of the molecule is CC(C)(C)CC(=O)Nc1cncc(-c2ccc3[nH]nc(-c4cc5c(-c6ccsc6)cncc5[nH]4)c3n2)c1. The van der Waals surface area contributed by atoms with Crippen LogP contribution in [0.1, 0.15) is 27.2 Å². The number of H-pyrrole nitrogens is 2. The molecule has 6 aromatic heterocycles. The smallest absolute Gasteiger partial charge is 0.224 e. The molecule has 3 N–H and O–H groups in total. The fourth-order valence-electron chi connectivity index (χ4n) is 4.41. The van der Waals surface area contributed by atoms with E-state index in [-0.39, 0.29) is 11.3 Å². The molecule has 184 valence electrons. The van der Waals surface area contributed by atoms with Crippen molar-refractivity contribution in [2.24, 2.45) is 5.41 Å². The van der Waals surface area contributed by atoms with Crippen molar-refractivity contribution in [3.63, 3.8) is 0 Å². The first-order valence-corrected chi connectivity index (χ1v) is 12.9. The van der Waals surface area contributed by atoms with Gasteiger partial charge in [0, 0.05) is 35.3 Å². The normalized spacial score (nSPS) is 11.9. The number of nitrogens with one attached hydrogen (secondary N) is 3. The van der Waals surface area contributed by atoms with Crippen molar-refractivity contribution >= 4 is 44.9 Å². The highest BCUT2D eigenvalue weighted by atomic mass is 32.1. The van der Waals surface area contributed by atoms with E-state index in [1.54, 1.807) is 23.7 Å². The van der Waals surface area contributed by atoms with Crippen LogP contribution < -0.4 is 5.32 Å². The molecule has 1 amide bonds. The number of thiophene rings is 1. The Balaban J connectivity index is 1.36. The highest BCUT2D eigenvalue weighted by Gasteiger charge is 2.18. The average molecular weight is 508 g/mol. The summed E-state index contributed by atoms with van der Waals surface area (Å²) in [5.74, 6) is -0.0397. The van der Waals surface area contributed by atoms with Crippen LogP contribution in [0.25, 0.3) is 55.7 Å². The van der Waals surface area contributed by atoms with Crippen molar-refractivity contribution < 1.29 is 4.79 Å². The summed E-state index contributed by atoms with van der Waals surface area (Å²) in [6.07, 6.45) is 7.54. The maximum absolute atomic E-state index is 12.4. The predicted octanol–water partition coefficient (Wildman–Crippen LogP) is 6.67. The molecule has 0 aliphatic carbocycles. The van der Waals surface area contributed by atoms with Gasteiger partial charge in [-0.25, -0.2) is 4.98 Å². The van der Waals surface area contributed by atoms with Gasteiger partial charge < -0.3 is 10.3 Å². The maximum Gasteiger partial charge on any atom is 0.224 e. The number of pyridine rings is 3. The van der Waals surface area contributed by atoms with Crippen molar-refractivity contribution in [1.29, 1.82) is 0 Å². The topological polar surface area (TPSA) is 112 Å². The standard InChI is InChI=1S/C28H25N7OS/c1-28(2,3)10-25(36)31-18-8-17(11-29-12-18)21-4-5-22-26(33-21)27(35-34-22)23-9-19-20(16-6-7-37-15-16)13-30-14-24(19)32-23/h4-9,11-15,32H,10H2,1-3H3,(H,31,36)(H,34,35). The maximum atomic E-state index is 12.4. The number of nitrogens with zero attached hydrogens (tertiary/aromatic N) is 4. The van der Waals surface area contributed by atoms with Gasteiger partial charge >= 0.3 is 0 Å². The third kappa shape index (κ3) is 4.61. The number of carbonyl (C=O) groups is 1. The van der Waals surface area contributed by atoms with Gasteiger partial charge in [0.25, 0.3) is 0 Å². The number of aromatic nitrogens is 6. The number of hydrogen-bond donors (Lipinski definition) is 3. The highest BCUT2D eigenvalue weighted by molar-refractivity contribution is 7.08. The van der Waals surface area contributed by atoms with E-state index < -0.39 is 0 Å². The summed E-state index contributed by atoms with van der Waals surface area (Å²) in [6, 6.07) is 9.97. The fraction of sp³-hybridized carbons (Fsp3) is 0.179. The fourth-order valence-corrected chi connectivity index (χ4v) is 5.07. The molecular weight excluding hydrogens is 482 g/mol. The van der Waals surface area contributed by atoms with Gasteiger partial charge in [0.05, 0.1) is 40.5 Å².